The van der Waals surface area contributed by atoms with E-state index < -0.39 is 0 Å². The lowest BCUT2D eigenvalue weighted by molar-refractivity contribution is -0.0354. The van der Waals surface area contributed by atoms with Gasteiger partial charge in [0.05, 0.1) is 7.11 Å². The molecule has 0 N–H and O–H groups in total. The van der Waals surface area contributed by atoms with E-state index in [1.165, 1.54) is 13.5 Å². The zero-order chi connectivity index (χ0) is 15.7. The third-order valence-electron chi connectivity index (χ3n) is 4.18. The van der Waals surface area contributed by atoms with Gasteiger partial charge in [0.15, 0.2) is 0 Å². The minimum absolute atomic E-state index is 0.181. The lowest BCUT2D eigenvalue weighted by atomic mass is 9.84. The quantitative estimate of drug-likeness (QED) is 0.265. The van der Waals surface area contributed by atoms with Gasteiger partial charge >= 0.3 is 6.09 Å². The Morgan fingerprint density at radius 1 is 1.29 bits per heavy atom. The molecule has 0 spiro atoms. The average Bonchev–Trinajstić information content (AvgIpc) is 2.49. The Morgan fingerprint density at radius 2 is 2.05 bits per heavy atom. The summed E-state index contributed by atoms with van der Waals surface area (Å²) < 4.78 is 16.3. The SMILES string of the molecule is COCOCCC[C@H]1[C@H](C)CC[C@@H](CCI)N1C(=O)OC. The third kappa shape index (κ3) is 5.90. The fourth-order valence-electron chi connectivity index (χ4n) is 3.09. The molecule has 21 heavy (non-hydrogen) atoms. The first-order chi connectivity index (χ1) is 10.2. The van der Waals surface area contributed by atoms with Gasteiger partial charge in [0, 0.05) is 30.2 Å². The fourth-order valence-corrected chi connectivity index (χ4v) is 3.81. The second kappa shape index (κ2) is 10.6. The number of hydrogen-bond acceptors (Lipinski definition) is 4. The number of hydrogen-bond donors (Lipinski definition) is 0. The van der Waals surface area contributed by atoms with Crippen LogP contribution in [0.3, 0.4) is 0 Å². The highest BCUT2D eigenvalue weighted by Crippen LogP contribution is 2.32. The molecule has 3 atom stereocenters. The molecule has 0 unspecified atom stereocenters. The van der Waals surface area contributed by atoms with Gasteiger partial charge in [0.2, 0.25) is 0 Å². The molecule has 0 bridgehead atoms. The van der Waals surface area contributed by atoms with Crippen LogP contribution in [0.25, 0.3) is 0 Å². The van der Waals surface area contributed by atoms with Crippen LogP contribution in [0.5, 0.6) is 0 Å². The molecule has 0 saturated carbocycles. The van der Waals surface area contributed by atoms with Crippen LogP contribution in [0.2, 0.25) is 0 Å². The van der Waals surface area contributed by atoms with E-state index in [0.717, 1.165) is 30.1 Å². The molecule has 0 aromatic carbocycles. The van der Waals surface area contributed by atoms with Crippen molar-refractivity contribution in [2.45, 2.75) is 51.1 Å². The van der Waals surface area contributed by atoms with Gasteiger partial charge in [-0.2, -0.15) is 0 Å². The molecule has 1 aliphatic heterocycles. The number of carbonyl (C=O) groups is 1. The van der Waals surface area contributed by atoms with Gasteiger partial charge in [0.25, 0.3) is 0 Å². The number of alkyl halides is 1. The van der Waals surface area contributed by atoms with Crippen molar-refractivity contribution >= 4 is 28.7 Å². The molecule has 1 aliphatic rings. The molecular weight excluding hydrogens is 385 g/mol. The van der Waals surface area contributed by atoms with E-state index in [1.807, 2.05) is 4.90 Å². The number of piperidine rings is 1. The normalized spacial score (nSPS) is 25.9. The standard InChI is InChI=1S/C15H28INO4/c1-12-6-7-13(8-9-16)17(15(18)20-3)14(12)5-4-10-21-11-19-2/h12-14H,4-11H2,1-3H3/t12-,13+,14+/m1/s1. The second-order valence-electron chi connectivity index (χ2n) is 5.59. The lowest BCUT2D eigenvalue weighted by Gasteiger charge is -2.44. The highest BCUT2D eigenvalue weighted by atomic mass is 127. The van der Waals surface area contributed by atoms with E-state index in [-0.39, 0.29) is 12.1 Å². The molecule has 124 valence electrons. The predicted octanol–water partition coefficient (Wildman–Crippen LogP) is 3.45. The van der Waals surface area contributed by atoms with Gasteiger partial charge in [-0.05, 0) is 38.0 Å². The number of rotatable bonds is 8. The van der Waals surface area contributed by atoms with Crippen molar-refractivity contribution in [1.29, 1.82) is 0 Å². The van der Waals surface area contributed by atoms with Gasteiger partial charge in [-0.3, -0.25) is 0 Å². The first-order valence-corrected chi connectivity index (χ1v) is 9.17. The van der Waals surface area contributed by atoms with Crippen molar-refractivity contribution < 1.29 is 19.0 Å². The average molecular weight is 413 g/mol. The summed E-state index contributed by atoms with van der Waals surface area (Å²) in [6.45, 7) is 3.23. The molecular formula is C15H28INO4. The van der Waals surface area contributed by atoms with Gasteiger partial charge in [0.1, 0.15) is 6.79 Å². The van der Waals surface area contributed by atoms with E-state index in [1.54, 1.807) is 7.11 Å². The summed E-state index contributed by atoms with van der Waals surface area (Å²) in [7, 11) is 3.10. The first kappa shape index (κ1) is 19.0. The number of halogens is 1. The Bertz CT molecular complexity index is 303. The van der Waals surface area contributed by atoms with Crippen LogP contribution in [0.15, 0.2) is 0 Å². The van der Waals surface area contributed by atoms with E-state index in [0.29, 0.717) is 25.4 Å². The van der Waals surface area contributed by atoms with Crippen molar-refractivity contribution in [3.8, 4) is 0 Å². The number of amides is 1. The smallest absolute Gasteiger partial charge is 0.409 e. The molecule has 0 aromatic heterocycles. The van der Waals surface area contributed by atoms with Crippen LogP contribution in [0, 0.1) is 5.92 Å². The largest absolute Gasteiger partial charge is 0.453 e. The van der Waals surface area contributed by atoms with Gasteiger partial charge < -0.3 is 19.1 Å². The van der Waals surface area contributed by atoms with Gasteiger partial charge in [-0.25, -0.2) is 4.79 Å². The zero-order valence-corrected chi connectivity index (χ0v) is 15.5. The van der Waals surface area contributed by atoms with Crippen LogP contribution < -0.4 is 0 Å². The monoisotopic (exact) mass is 413 g/mol. The fraction of sp³-hybridized carbons (Fsp3) is 0.933. The Kier molecular flexibility index (Phi) is 9.59. The number of nitrogens with zero attached hydrogens (tertiary/aromatic N) is 1. The zero-order valence-electron chi connectivity index (χ0n) is 13.3. The Balaban J connectivity index is 2.62. The maximum Gasteiger partial charge on any atom is 0.409 e. The highest BCUT2D eigenvalue weighted by Gasteiger charge is 2.37. The Hall–Kier alpha value is -0.0800. The summed E-state index contributed by atoms with van der Waals surface area (Å²) in [6.07, 6.45) is 5.01. The second-order valence-corrected chi connectivity index (χ2v) is 6.67. The third-order valence-corrected chi connectivity index (χ3v) is 4.80. The maximum atomic E-state index is 12.2. The van der Waals surface area contributed by atoms with Crippen molar-refractivity contribution in [2.24, 2.45) is 5.92 Å². The molecule has 1 heterocycles. The molecule has 1 rings (SSSR count). The number of ether oxygens (including phenoxy) is 3. The van der Waals surface area contributed by atoms with Crippen molar-refractivity contribution in [2.75, 3.05) is 32.0 Å². The van der Waals surface area contributed by atoms with E-state index in [2.05, 4.69) is 29.5 Å². The van der Waals surface area contributed by atoms with Gasteiger partial charge in [-0.15, -0.1) is 0 Å². The molecule has 0 aliphatic carbocycles. The summed E-state index contributed by atoms with van der Waals surface area (Å²) in [4.78, 5) is 14.2. The topological polar surface area (TPSA) is 48.0 Å². The molecule has 1 fully saturated rings. The summed E-state index contributed by atoms with van der Waals surface area (Å²) in [5.74, 6) is 0.511. The molecule has 1 saturated heterocycles. The lowest BCUT2D eigenvalue weighted by Crippen LogP contribution is -2.53. The Labute approximate surface area is 141 Å². The van der Waals surface area contributed by atoms with Crippen molar-refractivity contribution in [3.05, 3.63) is 0 Å². The molecule has 5 nitrogen and oxygen atoms in total. The number of carbonyl (C=O) groups excluding carboxylic acids is 1. The summed E-state index contributed by atoms with van der Waals surface area (Å²) in [6, 6.07) is 0.570. The van der Waals surface area contributed by atoms with Crippen molar-refractivity contribution in [3.63, 3.8) is 0 Å². The summed E-state index contributed by atoms with van der Waals surface area (Å²) in [5.41, 5.74) is 0. The molecule has 0 aromatic rings. The number of likely N-dealkylation sites (tertiary alicyclic amines) is 1. The Morgan fingerprint density at radius 3 is 2.67 bits per heavy atom. The predicted molar refractivity (Wildman–Crippen MR) is 90.8 cm³/mol. The van der Waals surface area contributed by atoms with E-state index >= 15 is 0 Å². The van der Waals surface area contributed by atoms with E-state index in [9.17, 15) is 4.79 Å². The number of methoxy groups -OCH3 is 2. The van der Waals surface area contributed by atoms with Crippen LogP contribution in [0.4, 0.5) is 4.79 Å². The summed E-state index contributed by atoms with van der Waals surface area (Å²) in [5, 5.41) is 0. The van der Waals surface area contributed by atoms with E-state index in [4.69, 9.17) is 14.2 Å². The summed E-state index contributed by atoms with van der Waals surface area (Å²) >= 11 is 2.38. The minimum Gasteiger partial charge on any atom is -0.453 e. The van der Waals surface area contributed by atoms with Crippen LogP contribution >= 0.6 is 22.6 Å². The van der Waals surface area contributed by atoms with Gasteiger partial charge in [-0.1, -0.05) is 29.5 Å². The van der Waals surface area contributed by atoms with Crippen LogP contribution in [0.1, 0.15) is 39.0 Å². The van der Waals surface area contributed by atoms with Crippen molar-refractivity contribution in [1.82, 2.24) is 4.90 Å². The van der Waals surface area contributed by atoms with Crippen LogP contribution in [-0.2, 0) is 14.2 Å². The maximum absolute atomic E-state index is 12.2. The molecule has 6 heteroatoms. The highest BCUT2D eigenvalue weighted by molar-refractivity contribution is 14.1. The van der Waals surface area contributed by atoms with Crippen LogP contribution in [-0.4, -0.2) is 55.1 Å². The first-order valence-electron chi connectivity index (χ1n) is 7.64. The molecule has 1 amide bonds. The minimum atomic E-state index is -0.181. The molecule has 0 radical (unpaired) electrons.